The first kappa shape index (κ1) is 15.7. The van der Waals surface area contributed by atoms with Crippen LogP contribution >= 0.6 is 0 Å². The summed E-state index contributed by atoms with van der Waals surface area (Å²) in [4.78, 5) is 14.2. The number of carbonyl (C=O) groups excluding carboxylic acids is 1. The van der Waals surface area contributed by atoms with Crippen LogP contribution < -0.4 is 5.32 Å². The molecule has 1 amide bonds. The Morgan fingerprint density at radius 3 is 2.63 bits per heavy atom. The highest BCUT2D eigenvalue weighted by Gasteiger charge is 2.27. The van der Waals surface area contributed by atoms with E-state index in [0.29, 0.717) is 12.2 Å². The van der Waals surface area contributed by atoms with Crippen LogP contribution in [0.25, 0.3) is 0 Å². The van der Waals surface area contributed by atoms with Gasteiger partial charge >= 0.3 is 0 Å². The van der Waals surface area contributed by atoms with E-state index < -0.39 is 0 Å². The lowest BCUT2D eigenvalue weighted by molar-refractivity contribution is 0.0877. The van der Waals surface area contributed by atoms with Gasteiger partial charge in [0.2, 0.25) is 0 Å². The SMILES string of the molecule is CCc1cc(C(=O)NCC(C)(CC)N(C)CC)no1. The zero-order valence-electron chi connectivity index (χ0n) is 12.6. The first-order valence-electron chi connectivity index (χ1n) is 6.91. The highest BCUT2D eigenvalue weighted by Crippen LogP contribution is 2.16. The lowest BCUT2D eigenvalue weighted by atomic mass is 9.96. The Hall–Kier alpha value is -1.36. The smallest absolute Gasteiger partial charge is 0.273 e. The van der Waals surface area contributed by atoms with Crippen molar-refractivity contribution in [3.63, 3.8) is 0 Å². The van der Waals surface area contributed by atoms with Crippen LogP contribution in [0, 0.1) is 0 Å². The molecule has 0 radical (unpaired) electrons. The third-order valence-corrected chi connectivity index (χ3v) is 3.93. The molecule has 0 bridgehead atoms. The second kappa shape index (κ2) is 6.70. The summed E-state index contributed by atoms with van der Waals surface area (Å²) in [6.45, 7) is 9.90. The summed E-state index contributed by atoms with van der Waals surface area (Å²) in [5.74, 6) is 0.557. The molecule has 0 spiro atoms. The molecule has 0 fully saturated rings. The second-order valence-electron chi connectivity index (χ2n) is 5.08. The number of nitrogens with zero attached hydrogens (tertiary/aromatic N) is 2. The Balaban J connectivity index is 2.62. The van der Waals surface area contributed by atoms with E-state index in [9.17, 15) is 4.79 Å². The number of aryl methyl sites for hydroxylation is 1. The van der Waals surface area contributed by atoms with Crippen molar-refractivity contribution in [2.45, 2.75) is 46.1 Å². The van der Waals surface area contributed by atoms with Gasteiger partial charge in [0.15, 0.2) is 5.69 Å². The van der Waals surface area contributed by atoms with Crippen LogP contribution in [0.5, 0.6) is 0 Å². The monoisotopic (exact) mass is 267 g/mol. The van der Waals surface area contributed by atoms with E-state index in [2.05, 4.69) is 43.2 Å². The lowest BCUT2D eigenvalue weighted by Crippen LogP contribution is -2.51. The molecular weight excluding hydrogens is 242 g/mol. The predicted octanol–water partition coefficient (Wildman–Crippen LogP) is 2.09. The summed E-state index contributed by atoms with van der Waals surface area (Å²) < 4.78 is 5.04. The average molecular weight is 267 g/mol. The van der Waals surface area contributed by atoms with Crippen molar-refractivity contribution in [3.8, 4) is 0 Å². The van der Waals surface area contributed by atoms with Gasteiger partial charge in [-0.3, -0.25) is 9.69 Å². The van der Waals surface area contributed by atoms with E-state index >= 15 is 0 Å². The third-order valence-electron chi connectivity index (χ3n) is 3.93. The summed E-state index contributed by atoms with van der Waals surface area (Å²) in [5, 5.41) is 6.72. The maximum absolute atomic E-state index is 12.0. The molecule has 108 valence electrons. The van der Waals surface area contributed by atoms with Crippen LogP contribution in [-0.2, 0) is 6.42 Å². The zero-order chi connectivity index (χ0) is 14.5. The maximum atomic E-state index is 12.0. The van der Waals surface area contributed by atoms with Crippen molar-refractivity contribution in [2.75, 3.05) is 20.1 Å². The summed E-state index contributed by atoms with van der Waals surface area (Å²) in [6.07, 6.45) is 1.71. The minimum Gasteiger partial charge on any atom is -0.361 e. The minimum atomic E-state index is -0.173. The fourth-order valence-corrected chi connectivity index (χ4v) is 1.86. The molecule has 0 aliphatic heterocycles. The van der Waals surface area contributed by atoms with Gasteiger partial charge in [0, 0.05) is 24.6 Å². The Kier molecular flexibility index (Phi) is 5.54. The zero-order valence-corrected chi connectivity index (χ0v) is 12.6. The minimum absolute atomic E-state index is 0.0399. The number of hydrogen-bond acceptors (Lipinski definition) is 4. The van der Waals surface area contributed by atoms with Gasteiger partial charge in [0.1, 0.15) is 5.76 Å². The summed E-state index contributed by atoms with van der Waals surface area (Å²) in [7, 11) is 2.07. The van der Waals surface area contributed by atoms with Gasteiger partial charge in [-0.1, -0.05) is 25.9 Å². The van der Waals surface area contributed by atoms with E-state index in [1.807, 2.05) is 6.92 Å². The van der Waals surface area contributed by atoms with Crippen LogP contribution in [0.15, 0.2) is 10.6 Å². The normalized spacial score (nSPS) is 14.4. The fourth-order valence-electron chi connectivity index (χ4n) is 1.86. The third kappa shape index (κ3) is 3.80. The molecule has 0 aliphatic carbocycles. The van der Waals surface area contributed by atoms with Crippen molar-refractivity contribution >= 4 is 5.91 Å². The van der Waals surface area contributed by atoms with Crippen LogP contribution in [0.4, 0.5) is 0 Å². The first-order valence-corrected chi connectivity index (χ1v) is 6.91. The van der Waals surface area contributed by atoms with Crippen molar-refractivity contribution in [1.29, 1.82) is 0 Å². The number of hydrogen-bond donors (Lipinski definition) is 1. The van der Waals surface area contributed by atoms with Gasteiger partial charge in [-0.15, -0.1) is 0 Å². The predicted molar refractivity (Wildman–Crippen MR) is 75.2 cm³/mol. The molecular formula is C14H25N3O2. The molecule has 1 rings (SSSR count). The number of carbonyl (C=O) groups is 1. The van der Waals surface area contributed by atoms with Gasteiger partial charge in [-0.05, 0) is 26.9 Å². The highest BCUT2D eigenvalue weighted by atomic mass is 16.5. The van der Waals surface area contributed by atoms with E-state index in [1.54, 1.807) is 6.07 Å². The van der Waals surface area contributed by atoms with Crippen LogP contribution in [-0.4, -0.2) is 41.6 Å². The Morgan fingerprint density at radius 1 is 1.47 bits per heavy atom. The average Bonchev–Trinajstić information content (AvgIpc) is 2.92. The summed E-state index contributed by atoms with van der Waals surface area (Å²) in [6, 6.07) is 1.70. The van der Waals surface area contributed by atoms with Crippen molar-refractivity contribution in [2.24, 2.45) is 0 Å². The molecule has 0 aliphatic rings. The van der Waals surface area contributed by atoms with Gasteiger partial charge in [0.05, 0.1) is 0 Å². The number of nitrogens with one attached hydrogen (secondary N) is 1. The highest BCUT2D eigenvalue weighted by molar-refractivity contribution is 5.92. The number of rotatable bonds is 7. The van der Waals surface area contributed by atoms with Crippen LogP contribution in [0.3, 0.4) is 0 Å². The molecule has 19 heavy (non-hydrogen) atoms. The molecule has 5 heteroatoms. The molecule has 1 aromatic rings. The quantitative estimate of drug-likeness (QED) is 0.822. The lowest BCUT2D eigenvalue weighted by Gasteiger charge is -2.37. The molecule has 0 aromatic carbocycles. The van der Waals surface area contributed by atoms with E-state index in [-0.39, 0.29) is 11.4 Å². The van der Waals surface area contributed by atoms with Gasteiger partial charge < -0.3 is 9.84 Å². The number of likely N-dealkylation sites (N-methyl/N-ethyl adjacent to an activating group) is 1. The topological polar surface area (TPSA) is 58.4 Å². The largest absolute Gasteiger partial charge is 0.361 e. The summed E-state index contributed by atoms with van der Waals surface area (Å²) in [5.41, 5.74) is 0.316. The van der Waals surface area contributed by atoms with Crippen molar-refractivity contribution < 1.29 is 9.32 Å². The number of amides is 1. The van der Waals surface area contributed by atoms with Crippen molar-refractivity contribution in [3.05, 3.63) is 17.5 Å². The fraction of sp³-hybridized carbons (Fsp3) is 0.714. The first-order chi connectivity index (χ1) is 8.96. The van der Waals surface area contributed by atoms with Gasteiger partial charge in [-0.2, -0.15) is 0 Å². The molecule has 1 heterocycles. The molecule has 1 aromatic heterocycles. The molecule has 0 saturated heterocycles. The summed E-state index contributed by atoms with van der Waals surface area (Å²) >= 11 is 0. The van der Waals surface area contributed by atoms with Crippen molar-refractivity contribution in [1.82, 2.24) is 15.4 Å². The standard InChI is InChI=1S/C14H25N3O2/c1-6-11-9-12(16-19-11)13(18)15-10-14(4,7-2)17(5)8-3/h9H,6-8,10H2,1-5H3,(H,15,18). The van der Waals surface area contributed by atoms with E-state index in [1.165, 1.54) is 0 Å². The number of aromatic nitrogens is 1. The Morgan fingerprint density at radius 2 is 2.16 bits per heavy atom. The molecule has 1 N–H and O–H groups in total. The maximum Gasteiger partial charge on any atom is 0.273 e. The van der Waals surface area contributed by atoms with Gasteiger partial charge in [0.25, 0.3) is 5.91 Å². The Labute approximate surface area is 115 Å². The van der Waals surface area contributed by atoms with E-state index in [0.717, 1.165) is 25.1 Å². The molecule has 0 saturated carbocycles. The molecule has 1 unspecified atom stereocenters. The van der Waals surface area contributed by atoms with E-state index in [4.69, 9.17) is 4.52 Å². The van der Waals surface area contributed by atoms with Crippen LogP contribution in [0.2, 0.25) is 0 Å². The molecule has 1 atom stereocenters. The Bertz CT molecular complexity index is 417. The van der Waals surface area contributed by atoms with Gasteiger partial charge in [-0.25, -0.2) is 0 Å². The van der Waals surface area contributed by atoms with Crippen LogP contribution in [0.1, 0.15) is 50.4 Å². The molecule has 5 nitrogen and oxygen atoms in total. The second-order valence-corrected chi connectivity index (χ2v) is 5.08.